The number of sulfonamides is 1. The van der Waals surface area contributed by atoms with Crippen molar-refractivity contribution >= 4 is 21.6 Å². The first-order valence-electron chi connectivity index (χ1n) is 8.89. The number of aromatic nitrogens is 3. The minimum Gasteiger partial charge on any atom is -0.393 e. The Morgan fingerprint density at radius 1 is 1.14 bits per heavy atom. The van der Waals surface area contributed by atoms with Crippen LogP contribution in [0.2, 0.25) is 5.02 Å². The Labute approximate surface area is 168 Å². The number of aliphatic hydroxyl groups excluding tert-OH is 1. The number of aromatic amines is 1. The molecule has 0 radical (unpaired) electrons. The zero-order valence-corrected chi connectivity index (χ0v) is 16.5. The van der Waals surface area contributed by atoms with Gasteiger partial charge in [0.25, 0.3) is 0 Å². The maximum atomic E-state index is 13.0. The first-order valence-corrected chi connectivity index (χ1v) is 10.7. The van der Waals surface area contributed by atoms with E-state index in [1.165, 1.54) is 10.4 Å². The Bertz CT molecular complexity index is 1080. The van der Waals surface area contributed by atoms with E-state index < -0.39 is 16.1 Å². The second kappa shape index (κ2) is 7.63. The standard InChI is InChI=1S/C19H19ClN4O3S/c20-16-4-3-13(19-22-12-17(23-19)14-2-1-7-21-11-14)10-18(16)28(26,27)24-8-5-15(25)6-9-24/h1-4,7,10-12,15,25H,5-6,8-9H2,(H,22,23). The van der Waals surface area contributed by atoms with Gasteiger partial charge in [-0.1, -0.05) is 11.6 Å². The summed E-state index contributed by atoms with van der Waals surface area (Å²) < 4.78 is 27.5. The third-order valence-corrected chi connectivity index (χ3v) is 7.17. The van der Waals surface area contributed by atoms with Gasteiger partial charge in [0.05, 0.1) is 23.0 Å². The van der Waals surface area contributed by atoms with Gasteiger partial charge in [0, 0.05) is 36.6 Å². The monoisotopic (exact) mass is 418 g/mol. The van der Waals surface area contributed by atoms with Gasteiger partial charge >= 0.3 is 0 Å². The van der Waals surface area contributed by atoms with Crippen LogP contribution >= 0.6 is 11.6 Å². The molecule has 0 spiro atoms. The summed E-state index contributed by atoms with van der Waals surface area (Å²) in [6, 6.07) is 8.57. The van der Waals surface area contributed by atoms with Crippen molar-refractivity contribution in [2.75, 3.05) is 13.1 Å². The highest BCUT2D eigenvalue weighted by atomic mass is 35.5. The lowest BCUT2D eigenvalue weighted by Crippen LogP contribution is -2.40. The predicted molar refractivity (Wildman–Crippen MR) is 106 cm³/mol. The average Bonchev–Trinajstić information content (AvgIpc) is 3.19. The summed E-state index contributed by atoms with van der Waals surface area (Å²) in [6.07, 6.45) is 5.48. The molecule has 0 atom stereocenters. The molecule has 1 aromatic carbocycles. The number of halogens is 1. The molecule has 3 heterocycles. The van der Waals surface area contributed by atoms with Crippen LogP contribution in [0.3, 0.4) is 0 Å². The van der Waals surface area contributed by atoms with Crippen LogP contribution in [0.25, 0.3) is 22.6 Å². The normalized spacial score (nSPS) is 16.4. The van der Waals surface area contributed by atoms with E-state index in [-0.39, 0.29) is 23.0 Å². The number of benzene rings is 1. The molecule has 0 amide bonds. The summed E-state index contributed by atoms with van der Waals surface area (Å²) in [5.74, 6) is 0.543. The molecular weight excluding hydrogens is 400 g/mol. The van der Waals surface area contributed by atoms with Crippen LogP contribution < -0.4 is 0 Å². The van der Waals surface area contributed by atoms with Gasteiger partial charge < -0.3 is 10.1 Å². The van der Waals surface area contributed by atoms with Crippen molar-refractivity contribution in [1.29, 1.82) is 0 Å². The second-order valence-corrected chi connectivity index (χ2v) is 8.98. The van der Waals surface area contributed by atoms with Crippen LogP contribution in [0.15, 0.2) is 53.8 Å². The van der Waals surface area contributed by atoms with E-state index >= 15 is 0 Å². The van der Waals surface area contributed by atoms with E-state index in [0.29, 0.717) is 24.2 Å². The molecule has 0 saturated carbocycles. The highest BCUT2D eigenvalue weighted by molar-refractivity contribution is 7.89. The number of aliphatic hydroxyl groups is 1. The van der Waals surface area contributed by atoms with Crippen LogP contribution in [-0.2, 0) is 10.0 Å². The van der Waals surface area contributed by atoms with E-state index in [1.807, 2.05) is 12.1 Å². The average molecular weight is 419 g/mol. The van der Waals surface area contributed by atoms with Crippen molar-refractivity contribution < 1.29 is 13.5 Å². The van der Waals surface area contributed by atoms with Gasteiger partial charge in [0.2, 0.25) is 10.0 Å². The number of piperidine rings is 1. The van der Waals surface area contributed by atoms with E-state index in [2.05, 4.69) is 15.0 Å². The van der Waals surface area contributed by atoms with Crippen LogP contribution in [-0.4, -0.2) is 52.0 Å². The molecule has 0 bridgehead atoms. The number of imidazole rings is 1. The van der Waals surface area contributed by atoms with Gasteiger partial charge in [0.1, 0.15) is 10.7 Å². The maximum absolute atomic E-state index is 13.0. The number of hydrogen-bond donors (Lipinski definition) is 2. The molecule has 7 nitrogen and oxygen atoms in total. The number of H-pyrrole nitrogens is 1. The lowest BCUT2D eigenvalue weighted by atomic mass is 10.1. The van der Waals surface area contributed by atoms with Gasteiger partial charge in [0.15, 0.2) is 0 Å². The first kappa shape index (κ1) is 19.1. The summed E-state index contributed by atoms with van der Waals surface area (Å²) in [6.45, 7) is 0.548. The third-order valence-electron chi connectivity index (χ3n) is 4.79. The number of pyridine rings is 1. The number of hydrogen-bond acceptors (Lipinski definition) is 5. The minimum atomic E-state index is -3.75. The fourth-order valence-corrected chi connectivity index (χ4v) is 5.18. The predicted octanol–water partition coefficient (Wildman–Crippen LogP) is 2.94. The molecule has 1 aliphatic rings. The summed E-state index contributed by atoms with van der Waals surface area (Å²) in [4.78, 5) is 11.7. The van der Waals surface area contributed by atoms with E-state index in [0.717, 1.165) is 11.3 Å². The highest BCUT2D eigenvalue weighted by Crippen LogP contribution is 2.31. The van der Waals surface area contributed by atoms with Crippen LogP contribution in [0.5, 0.6) is 0 Å². The van der Waals surface area contributed by atoms with E-state index in [1.54, 1.807) is 30.7 Å². The minimum absolute atomic E-state index is 0.0439. The van der Waals surface area contributed by atoms with Crippen LogP contribution in [0, 0.1) is 0 Å². The molecule has 3 aromatic rings. The van der Waals surface area contributed by atoms with Gasteiger partial charge in [-0.3, -0.25) is 4.98 Å². The molecule has 9 heteroatoms. The second-order valence-electron chi connectivity index (χ2n) is 6.67. The molecule has 4 rings (SSSR count). The van der Waals surface area contributed by atoms with Crippen molar-refractivity contribution in [2.45, 2.75) is 23.8 Å². The van der Waals surface area contributed by atoms with Gasteiger partial charge in [-0.2, -0.15) is 4.31 Å². The van der Waals surface area contributed by atoms with Gasteiger partial charge in [-0.25, -0.2) is 13.4 Å². The Kier molecular flexibility index (Phi) is 5.20. The van der Waals surface area contributed by atoms with Crippen molar-refractivity contribution in [3.63, 3.8) is 0 Å². The summed E-state index contributed by atoms with van der Waals surface area (Å²) in [5.41, 5.74) is 2.29. The number of rotatable bonds is 4. The van der Waals surface area contributed by atoms with E-state index in [4.69, 9.17) is 11.6 Å². The molecule has 0 aliphatic carbocycles. The molecule has 0 unspecified atom stereocenters. The third kappa shape index (κ3) is 3.68. The van der Waals surface area contributed by atoms with Crippen molar-refractivity contribution in [2.24, 2.45) is 0 Å². The first-order chi connectivity index (χ1) is 13.4. The van der Waals surface area contributed by atoms with Crippen molar-refractivity contribution in [3.8, 4) is 22.6 Å². The molecule has 2 N–H and O–H groups in total. The molecule has 1 fully saturated rings. The smallest absolute Gasteiger partial charge is 0.244 e. The Morgan fingerprint density at radius 2 is 1.93 bits per heavy atom. The van der Waals surface area contributed by atoms with Gasteiger partial charge in [-0.15, -0.1) is 0 Å². The van der Waals surface area contributed by atoms with Crippen molar-refractivity contribution in [1.82, 2.24) is 19.3 Å². The Hall–Kier alpha value is -2.26. The lowest BCUT2D eigenvalue weighted by Gasteiger charge is -2.29. The summed E-state index contributed by atoms with van der Waals surface area (Å²) >= 11 is 6.22. The molecule has 146 valence electrons. The Morgan fingerprint density at radius 3 is 2.64 bits per heavy atom. The van der Waals surface area contributed by atoms with Crippen LogP contribution in [0.1, 0.15) is 12.8 Å². The lowest BCUT2D eigenvalue weighted by molar-refractivity contribution is 0.113. The number of nitrogens with one attached hydrogen (secondary N) is 1. The Balaban J connectivity index is 1.67. The van der Waals surface area contributed by atoms with Crippen LogP contribution in [0.4, 0.5) is 0 Å². The highest BCUT2D eigenvalue weighted by Gasteiger charge is 2.30. The molecule has 2 aromatic heterocycles. The SMILES string of the molecule is O=S(=O)(c1cc(-c2ncc(-c3cccnc3)[nH]2)ccc1Cl)N1CCC(O)CC1. The fourth-order valence-electron chi connectivity index (χ4n) is 3.21. The fraction of sp³-hybridized carbons (Fsp3) is 0.263. The summed E-state index contributed by atoms with van der Waals surface area (Å²) in [7, 11) is -3.75. The molecule has 28 heavy (non-hydrogen) atoms. The summed E-state index contributed by atoms with van der Waals surface area (Å²) in [5, 5.41) is 9.80. The topological polar surface area (TPSA) is 99.2 Å². The number of nitrogens with zero attached hydrogens (tertiary/aromatic N) is 3. The van der Waals surface area contributed by atoms with Crippen molar-refractivity contribution in [3.05, 3.63) is 53.9 Å². The molecule has 1 saturated heterocycles. The van der Waals surface area contributed by atoms with E-state index in [9.17, 15) is 13.5 Å². The quantitative estimate of drug-likeness (QED) is 0.678. The maximum Gasteiger partial charge on any atom is 0.244 e. The largest absolute Gasteiger partial charge is 0.393 e. The zero-order chi connectivity index (χ0) is 19.7. The zero-order valence-electron chi connectivity index (χ0n) is 14.9. The van der Waals surface area contributed by atoms with Gasteiger partial charge in [-0.05, 0) is 43.2 Å². The molecular formula is C19H19ClN4O3S. The molecule has 1 aliphatic heterocycles.